The number of H-pyrrole nitrogens is 1. The number of pyridine rings is 1. The van der Waals surface area contributed by atoms with Crippen LogP contribution in [0.5, 0.6) is 0 Å². The molecule has 8 nitrogen and oxygen atoms in total. The van der Waals surface area contributed by atoms with E-state index in [1.165, 1.54) is 11.0 Å². The monoisotopic (exact) mass is 400 g/mol. The molecule has 0 atom stereocenters. The lowest BCUT2D eigenvalue weighted by atomic mass is 9.96. The molecule has 0 saturated carbocycles. The van der Waals surface area contributed by atoms with Crippen molar-refractivity contribution in [3.05, 3.63) is 57.5 Å². The molecule has 1 aromatic carbocycles. The minimum Gasteiger partial charge on any atom is -0.349 e. The lowest BCUT2D eigenvalue weighted by Gasteiger charge is -2.19. The van der Waals surface area contributed by atoms with Crippen molar-refractivity contribution in [3.8, 4) is 0 Å². The molecule has 0 unspecified atom stereocenters. The van der Waals surface area contributed by atoms with Crippen molar-refractivity contribution >= 4 is 27.5 Å². The van der Waals surface area contributed by atoms with Crippen LogP contribution in [0.2, 0.25) is 0 Å². The van der Waals surface area contributed by atoms with Crippen LogP contribution in [0, 0.1) is 0 Å². The Morgan fingerprint density at radius 1 is 1.25 bits per heavy atom. The highest BCUT2D eigenvalue weighted by atomic mass is 32.2. The second kappa shape index (κ2) is 6.90. The van der Waals surface area contributed by atoms with Crippen LogP contribution in [0.15, 0.2) is 44.4 Å². The van der Waals surface area contributed by atoms with Crippen LogP contribution >= 0.6 is 0 Å². The van der Waals surface area contributed by atoms with Crippen LogP contribution < -0.4 is 10.9 Å². The number of nitrogens with zero attached hydrogens (tertiary/aromatic N) is 2. The zero-order valence-corrected chi connectivity index (χ0v) is 16.2. The average molecular weight is 400 g/mol. The Balaban J connectivity index is 1.51. The molecule has 2 aliphatic rings. The summed E-state index contributed by atoms with van der Waals surface area (Å²) in [6, 6.07) is 8.22. The minimum atomic E-state index is -3.75. The topological polar surface area (TPSA) is 112 Å². The van der Waals surface area contributed by atoms with Gasteiger partial charge in [0.25, 0.3) is 15.6 Å². The molecule has 4 rings (SSSR count). The minimum absolute atomic E-state index is 0.128. The fourth-order valence-corrected chi connectivity index (χ4v) is 4.86. The van der Waals surface area contributed by atoms with Gasteiger partial charge in [0.15, 0.2) is 5.84 Å². The summed E-state index contributed by atoms with van der Waals surface area (Å²) in [6.07, 6.45) is 3.82. The van der Waals surface area contributed by atoms with Gasteiger partial charge in [-0.15, -0.1) is 4.40 Å². The van der Waals surface area contributed by atoms with Gasteiger partial charge in [0, 0.05) is 18.3 Å². The maximum atomic E-state index is 12.5. The first-order chi connectivity index (χ1) is 13.3. The molecule has 146 valence electrons. The number of anilines is 1. The van der Waals surface area contributed by atoms with Gasteiger partial charge in [0.1, 0.15) is 10.6 Å². The van der Waals surface area contributed by atoms with E-state index in [1.807, 2.05) is 0 Å². The number of hydrogen-bond acceptors (Lipinski definition) is 5. The molecule has 0 saturated heterocycles. The number of likely N-dealkylation sites (N-methyl/N-ethyl adjacent to an activating group) is 1. The van der Waals surface area contributed by atoms with E-state index in [0.717, 1.165) is 36.9 Å². The van der Waals surface area contributed by atoms with Gasteiger partial charge in [-0.2, -0.15) is 8.42 Å². The maximum absolute atomic E-state index is 12.5. The molecule has 28 heavy (non-hydrogen) atoms. The van der Waals surface area contributed by atoms with E-state index in [4.69, 9.17) is 0 Å². The van der Waals surface area contributed by atoms with E-state index in [0.29, 0.717) is 5.56 Å². The molecule has 0 bridgehead atoms. The molecule has 1 aromatic heterocycles. The van der Waals surface area contributed by atoms with Crippen molar-refractivity contribution in [1.29, 1.82) is 0 Å². The molecule has 0 spiro atoms. The highest BCUT2D eigenvalue weighted by molar-refractivity contribution is 7.90. The van der Waals surface area contributed by atoms with Crippen molar-refractivity contribution in [1.82, 2.24) is 9.88 Å². The first kappa shape index (κ1) is 18.4. The van der Waals surface area contributed by atoms with Crippen LogP contribution in [-0.4, -0.2) is 43.6 Å². The first-order valence-electron chi connectivity index (χ1n) is 9.05. The highest BCUT2D eigenvalue weighted by Crippen LogP contribution is 2.27. The number of benzene rings is 1. The number of carbonyl (C=O) groups excluding carboxylic acids is 1. The van der Waals surface area contributed by atoms with E-state index < -0.39 is 15.9 Å². The fraction of sp³-hybridized carbons (Fsp3) is 0.316. The number of aryl methyl sites for hydroxylation is 2. The average Bonchev–Trinajstić information content (AvgIpc) is 2.94. The predicted molar refractivity (Wildman–Crippen MR) is 105 cm³/mol. The maximum Gasteiger partial charge on any atom is 0.285 e. The van der Waals surface area contributed by atoms with Crippen molar-refractivity contribution in [2.45, 2.75) is 30.6 Å². The first-order valence-corrected chi connectivity index (χ1v) is 10.5. The van der Waals surface area contributed by atoms with Gasteiger partial charge in [-0.1, -0.05) is 12.1 Å². The lowest BCUT2D eigenvalue weighted by Crippen LogP contribution is -2.36. The zero-order valence-electron chi connectivity index (χ0n) is 15.4. The Labute approximate surface area is 162 Å². The summed E-state index contributed by atoms with van der Waals surface area (Å²) in [6.45, 7) is -0.140. The quantitative estimate of drug-likeness (QED) is 0.806. The number of nitrogens with one attached hydrogen (secondary N) is 2. The van der Waals surface area contributed by atoms with Gasteiger partial charge in [-0.05, 0) is 49.4 Å². The smallest absolute Gasteiger partial charge is 0.285 e. The molecule has 0 radical (unpaired) electrons. The molecule has 0 fully saturated rings. The third kappa shape index (κ3) is 3.33. The fourth-order valence-electron chi connectivity index (χ4n) is 3.61. The normalized spacial score (nSPS) is 16.7. The number of hydrogen-bond donors (Lipinski definition) is 2. The number of amidine groups is 1. The summed E-state index contributed by atoms with van der Waals surface area (Å²) in [5.74, 6) is -0.210. The number of aromatic nitrogens is 1. The van der Waals surface area contributed by atoms with Crippen molar-refractivity contribution < 1.29 is 13.2 Å². The third-order valence-electron chi connectivity index (χ3n) is 4.97. The van der Waals surface area contributed by atoms with Crippen LogP contribution in [0.1, 0.15) is 29.7 Å². The predicted octanol–water partition coefficient (Wildman–Crippen LogP) is 1.27. The molecule has 2 N–H and O–H groups in total. The Morgan fingerprint density at radius 2 is 2.00 bits per heavy atom. The molecular weight excluding hydrogens is 380 g/mol. The Kier molecular flexibility index (Phi) is 4.54. The van der Waals surface area contributed by atoms with Gasteiger partial charge in [0.2, 0.25) is 5.91 Å². The number of aromatic amines is 1. The highest BCUT2D eigenvalue weighted by Gasteiger charge is 2.31. The van der Waals surface area contributed by atoms with Gasteiger partial charge < -0.3 is 15.2 Å². The molecule has 2 aromatic rings. The summed E-state index contributed by atoms with van der Waals surface area (Å²) >= 11 is 0. The number of fused-ring (bicyclic) bond motifs is 2. The van der Waals surface area contributed by atoms with Crippen molar-refractivity contribution in [2.24, 2.45) is 4.40 Å². The SMILES string of the molecule is CN(CC(=O)Nc1cc2c([nH]c1=O)CCCC2)C1=NS(=O)(=O)c2ccccc21. The molecule has 1 aliphatic carbocycles. The van der Waals surface area contributed by atoms with Gasteiger partial charge in [0.05, 0.1) is 6.54 Å². The van der Waals surface area contributed by atoms with Crippen molar-refractivity contribution in [2.75, 3.05) is 18.9 Å². The number of amides is 1. The van der Waals surface area contributed by atoms with Crippen molar-refractivity contribution in [3.63, 3.8) is 0 Å². The summed E-state index contributed by atoms with van der Waals surface area (Å²) in [5, 5.41) is 2.63. The van der Waals surface area contributed by atoms with E-state index in [1.54, 1.807) is 31.3 Å². The Bertz CT molecular complexity index is 1150. The van der Waals surface area contributed by atoms with Gasteiger partial charge in [-0.3, -0.25) is 9.59 Å². The standard InChI is InChI=1S/C19H20N4O4S/c1-23(18-13-7-3-5-9-16(13)28(26,27)22-18)11-17(24)20-15-10-12-6-2-4-8-14(12)21-19(15)25/h3,5,7,9-10H,2,4,6,8,11H2,1H3,(H,20,24)(H,21,25). The third-order valence-corrected chi connectivity index (χ3v) is 6.29. The van der Waals surface area contributed by atoms with Crippen LogP contribution in [0.3, 0.4) is 0 Å². The summed E-state index contributed by atoms with van der Waals surface area (Å²) in [5.41, 5.74) is 2.33. The summed E-state index contributed by atoms with van der Waals surface area (Å²) in [4.78, 5) is 29.1. The molecule has 1 aliphatic heterocycles. The zero-order chi connectivity index (χ0) is 19.9. The number of carbonyl (C=O) groups is 1. The number of rotatable bonds is 3. The lowest BCUT2D eigenvalue weighted by molar-refractivity contribution is -0.116. The van der Waals surface area contributed by atoms with Crippen LogP contribution in [0.25, 0.3) is 0 Å². The van der Waals surface area contributed by atoms with E-state index in [9.17, 15) is 18.0 Å². The second-order valence-corrected chi connectivity index (χ2v) is 8.59. The number of sulfonamides is 1. The second-order valence-electron chi connectivity index (χ2n) is 7.01. The van der Waals surface area contributed by atoms with Gasteiger partial charge >= 0.3 is 0 Å². The Morgan fingerprint density at radius 3 is 2.82 bits per heavy atom. The summed E-state index contributed by atoms with van der Waals surface area (Å²) in [7, 11) is -2.16. The Hall–Kier alpha value is -2.94. The van der Waals surface area contributed by atoms with Crippen LogP contribution in [0.4, 0.5) is 5.69 Å². The largest absolute Gasteiger partial charge is 0.349 e. The molecule has 2 heterocycles. The molecular formula is C19H20N4O4S. The molecule has 1 amide bonds. The van der Waals surface area contributed by atoms with E-state index >= 15 is 0 Å². The van der Waals surface area contributed by atoms with Crippen LogP contribution in [-0.2, 0) is 27.7 Å². The summed E-state index contributed by atoms with van der Waals surface area (Å²) < 4.78 is 28.1. The van der Waals surface area contributed by atoms with E-state index in [-0.39, 0.29) is 28.5 Å². The molecule has 9 heteroatoms. The van der Waals surface area contributed by atoms with E-state index in [2.05, 4.69) is 14.7 Å². The van der Waals surface area contributed by atoms with Gasteiger partial charge in [-0.25, -0.2) is 0 Å².